The number of ether oxygens (including phenoxy) is 1. The van der Waals surface area contributed by atoms with Gasteiger partial charge in [-0.15, -0.1) is 0 Å². The van der Waals surface area contributed by atoms with Crippen LogP contribution in [0, 0.1) is 0 Å². The number of halogens is 1. The molecule has 0 heterocycles. The summed E-state index contributed by atoms with van der Waals surface area (Å²) in [5, 5.41) is 5.85. The number of rotatable bonds is 7. The van der Waals surface area contributed by atoms with Crippen molar-refractivity contribution in [3.63, 3.8) is 0 Å². The number of anilines is 1. The van der Waals surface area contributed by atoms with E-state index in [1.54, 1.807) is 25.3 Å². The summed E-state index contributed by atoms with van der Waals surface area (Å²) in [6.45, 7) is 2.56. The Morgan fingerprint density at radius 1 is 1.16 bits per heavy atom. The third kappa shape index (κ3) is 5.22. The van der Waals surface area contributed by atoms with Crippen LogP contribution in [0.5, 0.6) is 5.75 Å². The molecule has 0 atom stereocenters. The standard InChI is InChI=1S/C19H21ClN2O3/c1-3-10-21-19(24)15-9-8-14(12-16(15)20)22-18(23)11-13-6-4-5-7-17(13)25-2/h4-9,12H,3,10-11H2,1-2H3,(H,21,24)(H,22,23). The summed E-state index contributed by atoms with van der Waals surface area (Å²) in [6.07, 6.45) is 1.03. The zero-order chi connectivity index (χ0) is 18.2. The molecule has 0 saturated carbocycles. The van der Waals surface area contributed by atoms with E-state index in [2.05, 4.69) is 10.6 Å². The molecule has 0 saturated heterocycles. The number of hydrogen-bond donors (Lipinski definition) is 2. The molecule has 0 aliphatic rings. The molecule has 2 aromatic carbocycles. The molecule has 0 bridgehead atoms. The summed E-state index contributed by atoms with van der Waals surface area (Å²) in [6, 6.07) is 12.2. The van der Waals surface area contributed by atoms with E-state index in [1.807, 2.05) is 31.2 Å². The third-order valence-corrected chi connectivity index (χ3v) is 3.89. The molecule has 6 heteroatoms. The van der Waals surface area contributed by atoms with Gasteiger partial charge in [-0.05, 0) is 30.7 Å². The van der Waals surface area contributed by atoms with Crippen LogP contribution in [0.25, 0.3) is 0 Å². The monoisotopic (exact) mass is 360 g/mol. The minimum absolute atomic E-state index is 0.181. The average molecular weight is 361 g/mol. The molecule has 2 N–H and O–H groups in total. The quantitative estimate of drug-likeness (QED) is 0.791. The molecule has 25 heavy (non-hydrogen) atoms. The molecule has 0 spiro atoms. The topological polar surface area (TPSA) is 67.4 Å². The number of carbonyl (C=O) groups excluding carboxylic acids is 2. The van der Waals surface area contributed by atoms with E-state index < -0.39 is 0 Å². The summed E-state index contributed by atoms with van der Waals surface area (Å²) >= 11 is 6.16. The minimum atomic E-state index is -0.223. The molecule has 0 radical (unpaired) electrons. The lowest BCUT2D eigenvalue weighted by Gasteiger charge is -2.10. The number of amides is 2. The molecule has 2 aromatic rings. The Labute approximate surface area is 152 Å². The van der Waals surface area contributed by atoms with Gasteiger partial charge in [0.15, 0.2) is 0 Å². The maximum absolute atomic E-state index is 12.2. The highest BCUT2D eigenvalue weighted by Crippen LogP contribution is 2.22. The summed E-state index contributed by atoms with van der Waals surface area (Å²) in [4.78, 5) is 24.2. The summed E-state index contributed by atoms with van der Waals surface area (Å²) < 4.78 is 5.24. The molecule has 0 aliphatic heterocycles. The lowest BCUT2D eigenvalue weighted by molar-refractivity contribution is -0.115. The molecule has 0 aliphatic carbocycles. The Balaban J connectivity index is 2.04. The molecule has 2 rings (SSSR count). The van der Waals surface area contributed by atoms with Crippen LogP contribution in [0.15, 0.2) is 42.5 Å². The molecular weight excluding hydrogens is 340 g/mol. The summed E-state index contributed by atoms with van der Waals surface area (Å²) in [7, 11) is 1.57. The first-order chi connectivity index (χ1) is 12.0. The van der Waals surface area contributed by atoms with E-state index in [4.69, 9.17) is 16.3 Å². The predicted molar refractivity (Wildman–Crippen MR) is 99.4 cm³/mol. The van der Waals surface area contributed by atoms with E-state index in [0.29, 0.717) is 28.6 Å². The zero-order valence-corrected chi connectivity index (χ0v) is 15.0. The number of para-hydroxylation sites is 1. The molecule has 2 amide bonds. The normalized spacial score (nSPS) is 10.2. The second kappa shape index (κ2) is 9.08. The Hall–Kier alpha value is -2.53. The smallest absolute Gasteiger partial charge is 0.252 e. The molecular formula is C19H21ClN2O3. The van der Waals surface area contributed by atoms with E-state index in [1.165, 1.54) is 0 Å². The van der Waals surface area contributed by atoms with Gasteiger partial charge in [0.2, 0.25) is 5.91 Å². The first-order valence-corrected chi connectivity index (χ1v) is 8.42. The van der Waals surface area contributed by atoms with E-state index in [-0.39, 0.29) is 18.2 Å². The second-order valence-electron chi connectivity index (χ2n) is 5.49. The Morgan fingerprint density at radius 2 is 1.92 bits per heavy atom. The summed E-state index contributed by atoms with van der Waals surface area (Å²) in [5.74, 6) is 0.251. The number of nitrogens with one attached hydrogen (secondary N) is 2. The van der Waals surface area contributed by atoms with Crippen LogP contribution in [0.1, 0.15) is 29.3 Å². The van der Waals surface area contributed by atoms with Gasteiger partial charge < -0.3 is 15.4 Å². The fourth-order valence-electron chi connectivity index (χ4n) is 2.34. The third-order valence-electron chi connectivity index (χ3n) is 3.58. The van der Waals surface area contributed by atoms with Crippen molar-refractivity contribution in [1.82, 2.24) is 5.32 Å². The van der Waals surface area contributed by atoms with Crippen LogP contribution >= 0.6 is 11.6 Å². The molecule has 0 unspecified atom stereocenters. The maximum Gasteiger partial charge on any atom is 0.252 e. The van der Waals surface area contributed by atoms with Gasteiger partial charge in [-0.2, -0.15) is 0 Å². The highest BCUT2D eigenvalue weighted by atomic mass is 35.5. The van der Waals surface area contributed by atoms with E-state index in [0.717, 1.165) is 12.0 Å². The van der Waals surface area contributed by atoms with Crippen LogP contribution in [0.3, 0.4) is 0 Å². The van der Waals surface area contributed by atoms with Crippen molar-refractivity contribution in [2.75, 3.05) is 19.0 Å². The van der Waals surface area contributed by atoms with Gasteiger partial charge in [-0.1, -0.05) is 36.7 Å². The summed E-state index contributed by atoms with van der Waals surface area (Å²) in [5.41, 5.74) is 1.72. The van der Waals surface area contributed by atoms with Crippen molar-refractivity contribution in [2.24, 2.45) is 0 Å². The van der Waals surface area contributed by atoms with Gasteiger partial charge >= 0.3 is 0 Å². The van der Waals surface area contributed by atoms with Gasteiger partial charge in [0.25, 0.3) is 5.91 Å². The van der Waals surface area contributed by atoms with Crippen molar-refractivity contribution in [1.29, 1.82) is 0 Å². The largest absolute Gasteiger partial charge is 0.496 e. The van der Waals surface area contributed by atoms with Crippen molar-refractivity contribution < 1.29 is 14.3 Å². The van der Waals surface area contributed by atoms with E-state index >= 15 is 0 Å². The minimum Gasteiger partial charge on any atom is -0.496 e. The highest BCUT2D eigenvalue weighted by molar-refractivity contribution is 6.34. The van der Waals surface area contributed by atoms with Crippen molar-refractivity contribution in [3.8, 4) is 5.75 Å². The van der Waals surface area contributed by atoms with Crippen molar-refractivity contribution >= 4 is 29.1 Å². The highest BCUT2D eigenvalue weighted by Gasteiger charge is 2.12. The van der Waals surface area contributed by atoms with Crippen LogP contribution in [-0.4, -0.2) is 25.5 Å². The predicted octanol–water partition coefficient (Wildman–Crippen LogP) is 3.67. The number of carbonyl (C=O) groups is 2. The van der Waals surface area contributed by atoms with Gasteiger partial charge in [-0.3, -0.25) is 9.59 Å². The maximum atomic E-state index is 12.2. The first kappa shape index (κ1) is 18.8. The first-order valence-electron chi connectivity index (χ1n) is 8.04. The van der Waals surface area contributed by atoms with Gasteiger partial charge in [0.1, 0.15) is 5.75 Å². The van der Waals surface area contributed by atoms with Crippen LogP contribution in [0.4, 0.5) is 5.69 Å². The Kier molecular flexibility index (Phi) is 6.83. The molecule has 132 valence electrons. The molecule has 0 fully saturated rings. The molecule has 5 nitrogen and oxygen atoms in total. The van der Waals surface area contributed by atoms with Gasteiger partial charge in [-0.25, -0.2) is 0 Å². The SMILES string of the molecule is CCCNC(=O)c1ccc(NC(=O)Cc2ccccc2OC)cc1Cl. The average Bonchev–Trinajstić information content (AvgIpc) is 2.60. The van der Waals surface area contributed by atoms with Gasteiger partial charge in [0.05, 0.1) is 24.1 Å². The molecule has 0 aromatic heterocycles. The number of benzene rings is 2. The van der Waals surface area contributed by atoms with Crippen molar-refractivity contribution in [3.05, 3.63) is 58.6 Å². The Morgan fingerprint density at radius 3 is 2.60 bits per heavy atom. The van der Waals surface area contributed by atoms with Crippen molar-refractivity contribution in [2.45, 2.75) is 19.8 Å². The fourth-order valence-corrected chi connectivity index (χ4v) is 2.60. The van der Waals surface area contributed by atoms with Gasteiger partial charge in [0, 0.05) is 17.8 Å². The number of hydrogen-bond acceptors (Lipinski definition) is 3. The van der Waals surface area contributed by atoms with Crippen LogP contribution in [-0.2, 0) is 11.2 Å². The second-order valence-corrected chi connectivity index (χ2v) is 5.89. The lowest BCUT2D eigenvalue weighted by atomic mass is 10.1. The Bertz CT molecular complexity index is 762. The fraction of sp³-hybridized carbons (Fsp3) is 0.263. The van der Waals surface area contributed by atoms with Crippen LogP contribution in [0.2, 0.25) is 5.02 Å². The number of methoxy groups -OCH3 is 1. The van der Waals surface area contributed by atoms with E-state index in [9.17, 15) is 9.59 Å². The zero-order valence-electron chi connectivity index (χ0n) is 14.3. The lowest BCUT2D eigenvalue weighted by Crippen LogP contribution is -2.24. The van der Waals surface area contributed by atoms with Crippen LogP contribution < -0.4 is 15.4 Å².